The molecule has 0 spiro atoms. The summed E-state index contributed by atoms with van der Waals surface area (Å²) in [5.74, 6) is 0.867. The number of aryl methyl sites for hydroxylation is 1. The van der Waals surface area contributed by atoms with E-state index in [1.54, 1.807) is 38.6 Å². The molecule has 1 N–H and O–H groups in total. The Balaban J connectivity index is 1.85. The number of ether oxygens (including phenoxy) is 2. The number of carbonyl (C=O) groups excluding carboxylic acids is 1. The van der Waals surface area contributed by atoms with E-state index in [0.717, 1.165) is 22.5 Å². The van der Waals surface area contributed by atoms with Gasteiger partial charge < -0.3 is 14.8 Å². The van der Waals surface area contributed by atoms with Gasteiger partial charge >= 0.3 is 0 Å². The van der Waals surface area contributed by atoms with Gasteiger partial charge in [-0.1, -0.05) is 18.2 Å². The summed E-state index contributed by atoms with van der Waals surface area (Å²) in [5.41, 5.74) is 4.54. The van der Waals surface area contributed by atoms with Crippen molar-refractivity contribution in [3.05, 3.63) is 71.0 Å². The highest BCUT2D eigenvalue weighted by atomic mass is 16.5. The second-order valence-electron chi connectivity index (χ2n) is 6.64. The first-order chi connectivity index (χ1) is 13.5. The maximum absolute atomic E-state index is 12.8. The van der Waals surface area contributed by atoms with E-state index in [9.17, 15) is 4.79 Å². The van der Waals surface area contributed by atoms with Crippen molar-refractivity contribution in [2.24, 2.45) is 0 Å². The summed E-state index contributed by atoms with van der Waals surface area (Å²) in [5, 5.41) is 7.56. The fourth-order valence-corrected chi connectivity index (χ4v) is 3.23. The molecule has 6 heteroatoms. The number of rotatable bonds is 6. The minimum absolute atomic E-state index is 0.221. The molecule has 6 nitrogen and oxygen atoms in total. The molecule has 3 aromatic rings. The van der Waals surface area contributed by atoms with Crippen LogP contribution in [0.15, 0.2) is 48.7 Å². The fourth-order valence-electron chi connectivity index (χ4n) is 3.23. The van der Waals surface area contributed by atoms with Gasteiger partial charge in [0, 0.05) is 11.3 Å². The lowest BCUT2D eigenvalue weighted by molar-refractivity contribution is 0.0936. The third-order valence-corrected chi connectivity index (χ3v) is 4.86. The van der Waals surface area contributed by atoms with Crippen LogP contribution in [0.5, 0.6) is 11.5 Å². The van der Waals surface area contributed by atoms with E-state index in [4.69, 9.17) is 9.47 Å². The van der Waals surface area contributed by atoms with E-state index in [2.05, 4.69) is 23.4 Å². The van der Waals surface area contributed by atoms with Crippen LogP contribution in [0.25, 0.3) is 5.69 Å². The molecule has 28 heavy (non-hydrogen) atoms. The lowest BCUT2D eigenvalue weighted by Gasteiger charge is -2.16. The highest BCUT2D eigenvalue weighted by Gasteiger charge is 2.20. The van der Waals surface area contributed by atoms with Gasteiger partial charge in [-0.05, 0) is 50.6 Å². The smallest absolute Gasteiger partial charge is 0.255 e. The molecule has 146 valence electrons. The SMILES string of the molecule is COc1ccc(OC)c(C(=O)N[C@H](C)c2cnn(-c3ccccc3C)c2C)c1. The number of amides is 1. The summed E-state index contributed by atoms with van der Waals surface area (Å²) in [6.07, 6.45) is 1.80. The fraction of sp³-hybridized carbons (Fsp3) is 0.273. The monoisotopic (exact) mass is 379 g/mol. The summed E-state index contributed by atoms with van der Waals surface area (Å²) in [4.78, 5) is 12.8. The Morgan fingerprint density at radius 2 is 1.86 bits per heavy atom. The van der Waals surface area contributed by atoms with E-state index >= 15 is 0 Å². The summed E-state index contributed by atoms with van der Waals surface area (Å²) in [7, 11) is 3.10. The number of methoxy groups -OCH3 is 2. The van der Waals surface area contributed by atoms with Crippen LogP contribution in [-0.2, 0) is 0 Å². The highest BCUT2D eigenvalue weighted by molar-refractivity contribution is 5.97. The van der Waals surface area contributed by atoms with Crippen LogP contribution in [0.3, 0.4) is 0 Å². The van der Waals surface area contributed by atoms with Gasteiger partial charge in [0.15, 0.2) is 0 Å². The average molecular weight is 379 g/mol. The predicted molar refractivity (Wildman–Crippen MR) is 108 cm³/mol. The van der Waals surface area contributed by atoms with Gasteiger partial charge in [0.05, 0.1) is 37.7 Å². The predicted octanol–water partition coefficient (Wildman–Crippen LogP) is 4.00. The molecule has 0 saturated heterocycles. The van der Waals surface area contributed by atoms with Gasteiger partial charge in [-0.15, -0.1) is 0 Å². The Morgan fingerprint density at radius 3 is 2.54 bits per heavy atom. The first-order valence-corrected chi connectivity index (χ1v) is 9.09. The van der Waals surface area contributed by atoms with E-state index in [1.165, 1.54) is 0 Å². The highest BCUT2D eigenvalue weighted by Crippen LogP contribution is 2.26. The van der Waals surface area contributed by atoms with Crippen LogP contribution in [-0.4, -0.2) is 29.9 Å². The van der Waals surface area contributed by atoms with Crippen LogP contribution in [0.2, 0.25) is 0 Å². The number of hydrogen-bond donors (Lipinski definition) is 1. The van der Waals surface area contributed by atoms with Gasteiger partial charge in [-0.25, -0.2) is 4.68 Å². The van der Waals surface area contributed by atoms with Crippen LogP contribution in [0, 0.1) is 13.8 Å². The minimum atomic E-state index is -0.230. The standard InChI is InChI=1S/C22H25N3O3/c1-14-8-6-7-9-20(14)25-16(3)19(13-23-25)15(2)24-22(26)18-12-17(27-4)10-11-21(18)28-5/h6-13,15H,1-5H3,(H,24,26)/t15-/m1/s1. The molecular formula is C22H25N3O3. The third-order valence-electron chi connectivity index (χ3n) is 4.86. The average Bonchev–Trinajstić information content (AvgIpc) is 3.09. The molecule has 0 unspecified atom stereocenters. The number of hydrogen-bond acceptors (Lipinski definition) is 4. The van der Waals surface area contributed by atoms with Gasteiger partial charge in [0.25, 0.3) is 5.91 Å². The topological polar surface area (TPSA) is 65.4 Å². The second-order valence-corrected chi connectivity index (χ2v) is 6.64. The van der Waals surface area contributed by atoms with Crippen molar-refractivity contribution in [3.63, 3.8) is 0 Å². The molecule has 0 aliphatic carbocycles. The van der Waals surface area contributed by atoms with Crippen molar-refractivity contribution in [2.75, 3.05) is 14.2 Å². The maximum atomic E-state index is 12.8. The number of para-hydroxylation sites is 1. The van der Waals surface area contributed by atoms with Crippen LogP contribution < -0.4 is 14.8 Å². The van der Waals surface area contributed by atoms with Crippen molar-refractivity contribution in [1.82, 2.24) is 15.1 Å². The molecule has 1 heterocycles. The van der Waals surface area contributed by atoms with Gasteiger partial charge in [0.2, 0.25) is 0 Å². The van der Waals surface area contributed by atoms with E-state index in [-0.39, 0.29) is 11.9 Å². The molecule has 1 amide bonds. The first-order valence-electron chi connectivity index (χ1n) is 9.09. The van der Waals surface area contributed by atoms with E-state index in [1.807, 2.05) is 36.7 Å². The van der Waals surface area contributed by atoms with Gasteiger partial charge in [-0.2, -0.15) is 5.10 Å². The molecule has 3 rings (SSSR count). The molecular weight excluding hydrogens is 354 g/mol. The molecule has 0 fully saturated rings. The van der Waals surface area contributed by atoms with Gasteiger partial charge in [0.1, 0.15) is 11.5 Å². The van der Waals surface area contributed by atoms with Gasteiger partial charge in [-0.3, -0.25) is 4.79 Å². The van der Waals surface area contributed by atoms with Crippen molar-refractivity contribution < 1.29 is 14.3 Å². The number of nitrogens with zero attached hydrogens (tertiary/aromatic N) is 2. The Hall–Kier alpha value is -3.28. The molecule has 1 atom stereocenters. The quantitative estimate of drug-likeness (QED) is 0.703. The number of benzene rings is 2. The van der Waals surface area contributed by atoms with Crippen LogP contribution in [0.4, 0.5) is 0 Å². The summed E-state index contributed by atoms with van der Waals surface area (Å²) in [6.45, 7) is 6.00. The number of nitrogens with one attached hydrogen (secondary N) is 1. The van der Waals surface area contributed by atoms with Crippen molar-refractivity contribution in [3.8, 4) is 17.2 Å². The number of carbonyl (C=O) groups is 1. The minimum Gasteiger partial charge on any atom is -0.497 e. The van der Waals surface area contributed by atoms with E-state index in [0.29, 0.717) is 17.1 Å². The molecule has 2 aromatic carbocycles. The molecule has 0 saturated carbocycles. The summed E-state index contributed by atoms with van der Waals surface area (Å²) in [6, 6.07) is 13.0. The molecule has 0 aliphatic heterocycles. The Labute approximate surface area is 165 Å². The Morgan fingerprint density at radius 1 is 1.11 bits per heavy atom. The maximum Gasteiger partial charge on any atom is 0.255 e. The van der Waals surface area contributed by atoms with Crippen molar-refractivity contribution >= 4 is 5.91 Å². The lowest BCUT2D eigenvalue weighted by Crippen LogP contribution is -2.27. The van der Waals surface area contributed by atoms with Crippen molar-refractivity contribution in [2.45, 2.75) is 26.8 Å². The zero-order valence-electron chi connectivity index (χ0n) is 16.8. The summed E-state index contributed by atoms with van der Waals surface area (Å²) >= 11 is 0. The second kappa shape index (κ2) is 8.17. The Kier molecular flexibility index (Phi) is 5.68. The number of aromatic nitrogens is 2. The largest absolute Gasteiger partial charge is 0.497 e. The van der Waals surface area contributed by atoms with Crippen LogP contribution in [0.1, 0.15) is 40.1 Å². The Bertz CT molecular complexity index is 994. The summed E-state index contributed by atoms with van der Waals surface area (Å²) < 4.78 is 12.4. The zero-order valence-corrected chi connectivity index (χ0v) is 16.8. The molecule has 0 aliphatic rings. The van der Waals surface area contributed by atoms with Crippen LogP contribution >= 0.6 is 0 Å². The zero-order chi connectivity index (χ0) is 20.3. The molecule has 1 aromatic heterocycles. The molecule has 0 bridgehead atoms. The lowest BCUT2D eigenvalue weighted by atomic mass is 10.1. The van der Waals surface area contributed by atoms with E-state index < -0.39 is 0 Å². The normalized spacial score (nSPS) is 11.8. The molecule has 0 radical (unpaired) electrons. The first kappa shape index (κ1) is 19.5. The van der Waals surface area contributed by atoms with Crippen molar-refractivity contribution in [1.29, 1.82) is 0 Å². The third kappa shape index (κ3) is 3.71.